The molecule has 0 spiro atoms. The number of hydrogen-bond donors (Lipinski definition) is 1. The summed E-state index contributed by atoms with van der Waals surface area (Å²) in [6.45, 7) is 9.55. The Kier molecular flexibility index (Phi) is 6.21. The van der Waals surface area contributed by atoms with Crippen LogP contribution < -0.4 is 5.32 Å². The van der Waals surface area contributed by atoms with Crippen molar-refractivity contribution in [2.24, 2.45) is 0 Å². The molecule has 0 aliphatic heterocycles. The number of anilines is 1. The van der Waals surface area contributed by atoms with Crippen molar-refractivity contribution in [1.29, 1.82) is 0 Å². The van der Waals surface area contributed by atoms with Crippen LogP contribution in [0.15, 0.2) is 35.8 Å². The predicted molar refractivity (Wildman–Crippen MR) is 91.7 cm³/mol. The molecule has 0 bridgehead atoms. The molecule has 2 aromatic heterocycles. The van der Waals surface area contributed by atoms with E-state index in [1.807, 2.05) is 23.6 Å². The summed E-state index contributed by atoms with van der Waals surface area (Å²) in [5, 5.41) is 5.57. The topological polar surface area (TPSA) is 28.2 Å². The molecule has 2 heterocycles. The summed E-state index contributed by atoms with van der Waals surface area (Å²) in [5.41, 5.74) is 2.29. The molecule has 3 nitrogen and oxygen atoms in total. The third-order valence-electron chi connectivity index (χ3n) is 3.43. The third kappa shape index (κ3) is 5.14. The summed E-state index contributed by atoms with van der Waals surface area (Å²) in [6, 6.07) is 9.03. The van der Waals surface area contributed by atoms with E-state index in [0.717, 1.165) is 31.7 Å². The van der Waals surface area contributed by atoms with Crippen molar-refractivity contribution in [3.8, 4) is 0 Å². The van der Waals surface area contributed by atoms with Crippen molar-refractivity contribution >= 4 is 17.0 Å². The minimum atomic E-state index is 0.501. The third-order valence-corrected chi connectivity index (χ3v) is 4.29. The van der Waals surface area contributed by atoms with Gasteiger partial charge in [-0.05, 0) is 43.8 Å². The van der Waals surface area contributed by atoms with Crippen molar-refractivity contribution in [3.05, 3.63) is 46.4 Å². The highest BCUT2D eigenvalue weighted by Gasteiger charge is 2.12. The Bertz CT molecular complexity index is 523. The molecule has 0 aliphatic carbocycles. The Morgan fingerprint density at radius 3 is 2.81 bits per heavy atom. The maximum Gasteiger partial charge on any atom is 0.0564 e. The highest BCUT2D eigenvalue weighted by atomic mass is 32.1. The van der Waals surface area contributed by atoms with Gasteiger partial charge < -0.3 is 5.32 Å². The fourth-order valence-corrected chi connectivity index (χ4v) is 2.91. The Morgan fingerprint density at radius 2 is 2.14 bits per heavy atom. The maximum absolute atomic E-state index is 4.52. The van der Waals surface area contributed by atoms with E-state index in [-0.39, 0.29) is 0 Å². The fraction of sp³-hybridized carbons (Fsp3) is 0.471. The molecular formula is C17H25N3S. The van der Waals surface area contributed by atoms with E-state index in [4.69, 9.17) is 0 Å². The Hall–Kier alpha value is -1.39. The Balaban J connectivity index is 2.02. The first-order valence-electron chi connectivity index (χ1n) is 7.64. The van der Waals surface area contributed by atoms with E-state index in [2.05, 4.69) is 59.6 Å². The zero-order valence-corrected chi connectivity index (χ0v) is 14.0. The molecule has 0 aliphatic rings. The van der Waals surface area contributed by atoms with Crippen LogP contribution in [0.4, 0.5) is 5.69 Å². The van der Waals surface area contributed by atoms with Gasteiger partial charge >= 0.3 is 0 Å². The fourth-order valence-electron chi connectivity index (χ4n) is 2.18. The van der Waals surface area contributed by atoms with Crippen molar-refractivity contribution in [2.75, 3.05) is 11.9 Å². The Labute approximate surface area is 132 Å². The van der Waals surface area contributed by atoms with Crippen molar-refractivity contribution in [3.63, 3.8) is 0 Å². The van der Waals surface area contributed by atoms with Gasteiger partial charge in [0.15, 0.2) is 0 Å². The zero-order valence-electron chi connectivity index (χ0n) is 13.2. The molecule has 0 amide bonds. The molecule has 21 heavy (non-hydrogen) atoms. The number of nitrogens with one attached hydrogen (secondary N) is 1. The summed E-state index contributed by atoms with van der Waals surface area (Å²) in [7, 11) is 0. The summed E-state index contributed by atoms with van der Waals surface area (Å²) >= 11 is 1.82. The summed E-state index contributed by atoms with van der Waals surface area (Å²) in [4.78, 5) is 8.38. The molecule has 0 saturated heterocycles. The second-order valence-electron chi connectivity index (χ2n) is 5.54. The van der Waals surface area contributed by atoms with Gasteiger partial charge in [-0.15, -0.1) is 11.3 Å². The van der Waals surface area contributed by atoms with Crippen LogP contribution in [0.5, 0.6) is 0 Å². The summed E-state index contributed by atoms with van der Waals surface area (Å²) in [6.07, 6.45) is 3.03. The predicted octanol–water partition coefficient (Wildman–Crippen LogP) is 4.38. The summed E-state index contributed by atoms with van der Waals surface area (Å²) in [5.74, 6) is 0. The lowest BCUT2D eigenvalue weighted by Crippen LogP contribution is -2.29. The Morgan fingerprint density at radius 1 is 1.29 bits per heavy atom. The van der Waals surface area contributed by atoms with Gasteiger partial charge in [0.05, 0.1) is 5.69 Å². The SMILES string of the molecule is CCCNc1ccnc(CN(Cc2cccs2)C(C)C)c1. The summed E-state index contributed by atoms with van der Waals surface area (Å²) < 4.78 is 0. The van der Waals surface area contributed by atoms with Crippen LogP contribution in [0.1, 0.15) is 37.8 Å². The van der Waals surface area contributed by atoms with E-state index in [9.17, 15) is 0 Å². The molecule has 0 atom stereocenters. The van der Waals surface area contributed by atoms with Crippen LogP contribution in [0.2, 0.25) is 0 Å². The van der Waals surface area contributed by atoms with Crippen LogP contribution in [-0.4, -0.2) is 22.5 Å². The van der Waals surface area contributed by atoms with Gasteiger partial charge in [-0.25, -0.2) is 0 Å². The number of thiophene rings is 1. The van der Waals surface area contributed by atoms with Gasteiger partial charge in [-0.2, -0.15) is 0 Å². The first-order chi connectivity index (χ1) is 10.2. The smallest absolute Gasteiger partial charge is 0.0564 e. The quantitative estimate of drug-likeness (QED) is 0.784. The van der Waals surface area contributed by atoms with Crippen LogP contribution in [0, 0.1) is 0 Å². The molecule has 0 saturated carbocycles. The number of nitrogens with zero attached hydrogens (tertiary/aromatic N) is 2. The van der Waals surface area contributed by atoms with Crippen molar-refractivity contribution in [2.45, 2.75) is 46.3 Å². The second kappa shape index (κ2) is 8.15. The number of hydrogen-bond acceptors (Lipinski definition) is 4. The van der Waals surface area contributed by atoms with E-state index in [1.165, 1.54) is 10.6 Å². The van der Waals surface area contributed by atoms with Gasteiger partial charge in [0.2, 0.25) is 0 Å². The number of aromatic nitrogens is 1. The van der Waals surface area contributed by atoms with Gasteiger partial charge in [-0.1, -0.05) is 13.0 Å². The maximum atomic E-state index is 4.52. The standard InChI is InChI=1S/C17H25N3S/c1-4-8-18-15-7-9-19-16(11-15)12-20(14(2)3)13-17-6-5-10-21-17/h5-7,9-11,14H,4,8,12-13H2,1-3H3,(H,18,19). The lowest BCUT2D eigenvalue weighted by atomic mass is 10.2. The lowest BCUT2D eigenvalue weighted by Gasteiger charge is -2.25. The molecule has 0 unspecified atom stereocenters. The highest BCUT2D eigenvalue weighted by Crippen LogP contribution is 2.17. The van der Waals surface area contributed by atoms with Crippen LogP contribution in [0.25, 0.3) is 0 Å². The first kappa shape index (κ1) is 16.0. The molecule has 2 rings (SSSR count). The number of pyridine rings is 1. The van der Waals surface area contributed by atoms with E-state index >= 15 is 0 Å². The zero-order chi connectivity index (χ0) is 15.1. The van der Waals surface area contributed by atoms with Gasteiger partial charge in [0.25, 0.3) is 0 Å². The molecule has 4 heteroatoms. The van der Waals surface area contributed by atoms with Crippen molar-refractivity contribution < 1.29 is 0 Å². The van der Waals surface area contributed by atoms with Gasteiger partial charge in [0, 0.05) is 42.4 Å². The first-order valence-corrected chi connectivity index (χ1v) is 8.52. The average Bonchev–Trinajstić information content (AvgIpc) is 2.98. The van der Waals surface area contributed by atoms with Crippen LogP contribution in [-0.2, 0) is 13.1 Å². The van der Waals surface area contributed by atoms with Crippen LogP contribution >= 0.6 is 11.3 Å². The molecule has 1 N–H and O–H groups in total. The second-order valence-corrected chi connectivity index (χ2v) is 6.57. The number of rotatable bonds is 8. The van der Waals surface area contributed by atoms with Gasteiger partial charge in [-0.3, -0.25) is 9.88 Å². The normalized spacial score (nSPS) is 11.3. The molecular weight excluding hydrogens is 278 g/mol. The van der Waals surface area contributed by atoms with E-state index in [0.29, 0.717) is 6.04 Å². The highest BCUT2D eigenvalue weighted by molar-refractivity contribution is 7.09. The minimum Gasteiger partial charge on any atom is -0.385 e. The van der Waals surface area contributed by atoms with Gasteiger partial charge in [0.1, 0.15) is 0 Å². The van der Waals surface area contributed by atoms with E-state index in [1.54, 1.807) is 0 Å². The molecule has 0 aromatic carbocycles. The van der Waals surface area contributed by atoms with Crippen LogP contribution in [0.3, 0.4) is 0 Å². The molecule has 2 aromatic rings. The minimum absolute atomic E-state index is 0.501. The monoisotopic (exact) mass is 303 g/mol. The van der Waals surface area contributed by atoms with Crippen molar-refractivity contribution in [1.82, 2.24) is 9.88 Å². The molecule has 0 radical (unpaired) electrons. The molecule has 114 valence electrons. The average molecular weight is 303 g/mol. The van der Waals surface area contributed by atoms with E-state index < -0.39 is 0 Å². The largest absolute Gasteiger partial charge is 0.385 e. The molecule has 0 fully saturated rings. The lowest BCUT2D eigenvalue weighted by molar-refractivity contribution is 0.203.